The lowest BCUT2D eigenvalue weighted by molar-refractivity contribution is -0.132. The number of amides is 1. The highest BCUT2D eigenvalue weighted by molar-refractivity contribution is 5.77. The second-order valence-electron chi connectivity index (χ2n) is 5.72. The Kier molecular flexibility index (Phi) is 4.04. The standard InChI is InChI=1S/C14H22N4O/c1-14(2,15)11-13(19)18-9-7-17(8-10-18)12-5-3-4-6-16-12/h3-6H,7-11,15H2,1-2H3. The van der Waals surface area contributed by atoms with Crippen LogP contribution in [0.15, 0.2) is 24.4 Å². The lowest BCUT2D eigenvalue weighted by Gasteiger charge is -2.36. The van der Waals surface area contributed by atoms with E-state index in [4.69, 9.17) is 5.73 Å². The molecule has 0 aromatic carbocycles. The Bertz CT molecular complexity index is 419. The van der Waals surface area contributed by atoms with E-state index >= 15 is 0 Å². The van der Waals surface area contributed by atoms with E-state index in [1.165, 1.54) is 0 Å². The van der Waals surface area contributed by atoms with E-state index < -0.39 is 5.54 Å². The number of hydrogen-bond acceptors (Lipinski definition) is 4. The SMILES string of the molecule is CC(C)(N)CC(=O)N1CCN(c2ccccn2)CC1. The van der Waals surface area contributed by atoms with Gasteiger partial charge in [0.1, 0.15) is 5.82 Å². The quantitative estimate of drug-likeness (QED) is 0.877. The molecular formula is C14H22N4O. The van der Waals surface area contributed by atoms with Crippen molar-refractivity contribution in [3.63, 3.8) is 0 Å². The van der Waals surface area contributed by atoms with Gasteiger partial charge in [-0.05, 0) is 26.0 Å². The van der Waals surface area contributed by atoms with E-state index in [2.05, 4.69) is 9.88 Å². The Morgan fingerprint density at radius 3 is 2.53 bits per heavy atom. The minimum absolute atomic E-state index is 0.146. The lowest BCUT2D eigenvalue weighted by Crippen LogP contribution is -2.51. The van der Waals surface area contributed by atoms with Crippen LogP contribution < -0.4 is 10.6 Å². The highest BCUT2D eigenvalue weighted by Crippen LogP contribution is 2.14. The molecule has 0 radical (unpaired) electrons. The third-order valence-electron chi connectivity index (χ3n) is 3.21. The van der Waals surface area contributed by atoms with Crippen LogP contribution in [-0.2, 0) is 4.79 Å². The van der Waals surface area contributed by atoms with Crippen molar-refractivity contribution in [3.05, 3.63) is 24.4 Å². The first kappa shape index (κ1) is 13.8. The summed E-state index contributed by atoms with van der Waals surface area (Å²) in [5, 5.41) is 0. The third-order valence-corrected chi connectivity index (χ3v) is 3.21. The topological polar surface area (TPSA) is 62.5 Å². The number of piperazine rings is 1. The number of carbonyl (C=O) groups excluding carboxylic acids is 1. The van der Waals surface area contributed by atoms with Gasteiger partial charge < -0.3 is 15.5 Å². The van der Waals surface area contributed by atoms with Gasteiger partial charge in [0, 0.05) is 44.3 Å². The Hall–Kier alpha value is -1.62. The maximum absolute atomic E-state index is 12.1. The van der Waals surface area contributed by atoms with E-state index in [1.807, 2.05) is 36.9 Å². The molecule has 1 amide bonds. The summed E-state index contributed by atoms with van der Waals surface area (Å²) in [4.78, 5) is 20.5. The molecule has 2 N–H and O–H groups in total. The largest absolute Gasteiger partial charge is 0.353 e. The zero-order chi connectivity index (χ0) is 13.9. The molecule has 5 heteroatoms. The molecule has 2 heterocycles. The van der Waals surface area contributed by atoms with Gasteiger partial charge in [-0.15, -0.1) is 0 Å². The van der Waals surface area contributed by atoms with Crippen LogP contribution in [0.1, 0.15) is 20.3 Å². The summed E-state index contributed by atoms with van der Waals surface area (Å²) in [5.74, 6) is 1.13. The molecule has 0 bridgehead atoms. The number of nitrogens with two attached hydrogens (primary N) is 1. The molecule has 1 fully saturated rings. The van der Waals surface area contributed by atoms with Crippen LogP contribution in [0.3, 0.4) is 0 Å². The summed E-state index contributed by atoms with van der Waals surface area (Å²) in [5.41, 5.74) is 5.46. The number of pyridine rings is 1. The second kappa shape index (κ2) is 5.57. The molecule has 104 valence electrons. The molecule has 1 aromatic heterocycles. The van der Waals surface area contributed by atoms with Crippen molar-refractivity contribution in [3.8, 4) is 0 Å². The van der Waals surface area contributed by atoms with Crippen LogP contribution in [0.5, 0.6) is 0 Å². The van der Waals surface area contributed by atoms with Gasteiger partial charge >= 0.3 is 0 Å². The summed E-state index contributed by atoms with van der Waals surface area (Å²) in [6.45, 7) is 6.91. The van der Waals surface area contributed by atoms with Crippen LogP contribution in [0.2, 0.25) is 0 Å². The fourth-order valence-corrected chi connectivity index (χ4v) is 2.23. The number of aromatic nitrogens is 1. The van der Waals surface area contributed by atoms with Crippen LogP contribution in [0, 0.1) is 0 Å². The molecule has 5 nitrogen and oxygen atoms in total. The van der Waals surface area contributed by atoms with Crippen molar-refractivity contribution in [2.24, 2.45) is 5.73 Å². The van der Waals surface area contributed by atoms with Gasteiger partial charge in [-0.25, -0.2) is 4.98 Å². The molecule has 0 unspecified atom stereocenters. The van der Waals surface area contributed by atoms with Gasteiger partial charge in [-0.3, -0.25) is 4.79 Å². The average molecular weight is 262 g/mol. The average Bonchev–Trinajstić information content (AvgIpc) is 2.38. The third kappa shape index (κ3) is 3.92. The van der Waals surface area contributed by atoms with Gasteiger partial charge in [0.05, 0.1) is 0 Å². The molecule has 1 saturated heterocycles. The predicted molar refractivity (Wildman–Crippen MR) is 75.9 cm³/mol. The normalized spacial score (nSPS) is 16.6. The van der Waals surface area contributed by atoms with Gasteiger partial charge in [0.2, 0.25) is 5.91 Å². The Labute approximate surface area is 114 Å². The van der Waals surface area contributed by atoms with Gasteiger partial charge in [-0.1, -0.05) is 6.07 Å². The van der Waals surface area contributed by atoms with E-state index in [0.29, 0.717) is 6.42 Å². The predicted octanol–water partition coefficient (Wildman–Crippen LogP) is 0.858. The molecule has 0 saturated carbocycles. The van der Waals surface area contributed by atoms with E-state index in [1.54, 1.807) is 6.20 Å². The highest BCUT2D eigenvalue weighted by atomic mass is 16.2. The molecule has 1 aliphatic heterocycles. The van der Waals surface area contributed by atoms with Gasteiger partial charge in [0.25, 0.3) is 0 Å². The highest BCUT2D eigenvalue weighted by Gasteiger charge is 2.25. The van der Waals surface area contributed by atoms with Crippen LogP contribution in [-0.4, -0.2) is 47.5 Å². The lowest BCUT2D eigenvalue weighted by atomic mass is 10.0. The van der Waals surface area contributed by atoms with Crippen LogP contribution >= 0.6 is 0 Å². The molecule has 2 rings (SSSR count). The first-order valence-electron chi connectivity index (χ1n) is 6.68. The van der Waals surface area contributed by atoms with Crippen molar-refractivity contribution in [1.29, 1.82) is 0 Å². The Morgan fingerprint density at radius 2 is 2.00 bits per heavy atom. The summed E-state index contributed by atoms with van der Waals surface area (Å²) >= 11 is 0. The van der Waals surface area contributed by atoms with E-state index in [-0.39, 0.29) is 5.91 Å². The fraction of sp³-hybridized carbons (Fsp3) is 0.571. The molecule has 0 atom stereocenters. The number of carbonyl (C=O) groups is 1. The van der Waals surface area contributed by atoms with Gasteiger partial charge in [-0.2, -0.15) is 0 Å². The summed E-state index contributed by atoms with van der Waals surface area (Å²) in [6, 6.07) is 5.89. The molecule has 0 spiro atoms. The number of hydrogen-bond donors (Lipinski definition) is 1. The van der Waals surface area contributed by atoms with Crippen LogP contribution in [0.25, 0.3) is 0 Å². The number of nitrogens with zero attached hydrogens (tertiary/aromatic N) is 3. The molecule has 1 aliphatic rings. The maximum Gasteiger partial charge on any atom is 0.224 e. The van der Waals surface area contributed by atoms with E-state index in [0.717, 1.165) is 32.0 Å². The van der Waals surface area contributed by atoms with Gasteiger partial charge in [0.15, 0.2) is 0 Å². The summed E-state index contributed by atoms with van der Waals surface area (Å²) < 4.78 is 0. The maximum atomic E-state index is 12.1. The van der Waals surface area contributed by atoms with Crippen molar-refractivity contribution >= 4 is 11.7 Å². The first-order valence-corrected chi connectivity index (χ1v) is 6.68. The first-order chi connectivity index (χ1) is 8.96. The Morgan fingerprint density at radius 1 is 1.32 bits per heavy atom. The molecule has 0 aliphatic carbocycles. The van der Waals surface area contributed by atoms with Crippen molar-refractivity contribution in [2.75, 3.05) is 31.1 Å². The van der Waals surface area contributed by atoms with E-state index in [9.17, 15) is 4.79 Å². The smallest absolute Gasteiger partial charge is 0.224 e. The molecular weight excluding hydrogens is 240 g/mol. The molecule has 1 aromatic rings. The summed E-state index contributed by atoms with van der Waals surface area (Å²) in [7, 11) is 0. The minimum atomic E-state index is -0.435. The second-order valence-corrected chi connectivity index (χ2v) is 5.72. The van der Waals surface area contributed by atoms with Crippen LogP contribution in [0.4, 0.5) is 5.82 Å². The monoisotopic (exact) mass is 262 g/mol. The fourth-order valence-electron chi connectivity index (χ4n) is 2.23. The van der Waals surface area contributed by atoms with Crippen molar-refractivity contribution in [1.82, 2.24) is 9.88 Å². The molecule has 19 heavy (non-hydrogen) atoms. The summed E-state index contributed by atoms with van der Waals surface area (Å²) in [6.07, 6.45) is 2.19. The zero-order valence-corrected chi connectivity index (χ0v) is 11.7. The zero-order valence-electron chi connectivity index (χ0n) is 11.7. The van der Waals surface area contributed by atoms with Crippen molar-refractivity contribution in [2.45, 2.75) is 25.8 Å². The number of rotatable bonds is 3. The van der Waals surface area contributed by atoms with Crippen molar-refractivity contribution < 1.29 is 4.79 Å². The number of anilines is 1. The minimum Gasteiger partial charge on any atom is -0.353 e. The Balaban J connectivity index is 1.88.